The number of thiazole rings is 1. The predicted molar refractivity (Wildman–Crippen MR) is 61.8 cm³/mol. The van der Waals surface area contributed by atoms with Crippen LogP contribution in [0.3, 0.4) is 0 Å². The first-order chi connectivity index (χ1) is 7.06. The summed E-state index contributed by atoms with van der Waals surface area (Å²) in [6, 6.07) is 0.345. The highest BCUT2D eigenvalue weighted by atomic mass is 32.1. The molecule has 0 atom stereocenters. The summed E-state index contributed by atoms with van der Waals surface area (Å²) in [4.78, 5) is 17.3. The highest BCUT2D eigenvalue weighted by molar-refractivity contribution is 7.17. The van der Waals surface area contributed by atoms with Gasteiger partial charge >= 0.3 is 5.97 Å². The van der Waals surface area contributed by atoms with Gasteiger partial charge < -0.3 is 10.0 Å². The fourth-order valence-corrected chi connectivity index (χ4v) is 2.23. The average Bonchev–Trinajstić information content (AvgIpc) is 2.62. The molecule has 0 spiro atoms. The molecule has 0 saturated heterocycles. The van der Waals surface area contributed by atoms with Gasteiger partial charge in [0.15, 0.2) is 5.13 Å². The van der Waals surface area contributed by atoms with E-state index in [0.717, 1.165) is 18.1 Å². The minimum Gasteiger partial charge on any atom is -0.477 e. The SMILES string of the molecule is CCCN(c1ncc(C(=O)O)s1)C(C)C. The number of aromatic nitrogens is 1. The number of anilines is 1. The fraction of sp³-hybridized carbons (Fsp3) is 0.600. The van der Waals surface area contributed by atoms with Crippen LogP contribution in [0.2, 0.25) is 0 Å². The fourth-order valence-electron chi connectivity index (χ4n) is 1.31. The van der Waals surface area contributed by atoms with Gasteiger partial charge in [-0.05, 0) is 20.3 Å². The Morgan fingerprint density at radius 2 is 2.33 bits per heavy atom. The zero-order valence-electron chi connectivity index (χ0n) is 9.23. The highest BCUT2D eigenvalue weighted by Gasteiger charge is 2.15. The van der Waals surface area contributed by atoms with Crippen molar-refractivity contribution in [1.82, 2.24) is 4.98 Å². The number of rotatable bonds is 5. The lowest BCUT2D eigenvalue weighted by atomic mass is 10.3. The molecule has 0 unspecified atom stereocenters. The topological polar surface area (TPSA) is 53.4 Å². The maximum atomic E-state index is 10.7. The summed E-state index contributed by atoms with van der Waals surface area (Å²) >= 11 is 1.23. The molecule has 1 N–H and O–H groups in total. The van der Waals surface area contributed by atoms with Crippen LogP contribution >= 0.6 is 11.3 Å². The van der Waals surface area contributed by atoms with Crippen molar-refractivity contribution in [3.63, 3.8) is 0 Å². The lowest BCUT2D eigenvalue weighted by molar-refractivity contribution is 0.0702. The van der Waals surface area contributed by atoms with Crippen LogP contribution in [0.4, 0.5) is 5.13 Å². The van der Waals surface area contributed by atoms with Gasteiger partial charge in [-0.25, -0.2) is 9.78 Å². The van der Waals surface area contributed by atoms with Gasteiger partial charge in [0, 0.05) is 12.6 Å². The second kappa shape index (κ2) is 5.11. The number of carbonyl (C=O) groups is 1. The van der Waals surface area contributed by atoms with Gasteiger partial charge in [0.25, 0.3) is 0 Å². The van der Waals surface area contributed by atoms with E-state index in [2.05, 4.69) is 30.7 Å². The molecule has 0 aliphatic carbocycles. The van der Waals surface area contributed by atoms with E-state index < -0.39 is 5.97 Å². The first-order valence-corrected chi connectivity index (χ1v) is 5.83. The van der Waals surface area contributed by atoms with Crippen LogP contribution in [-0.2, 0) is 0 Å². The Hall–Kier alpha value is -1.10. The van der Waals surface area contributed by atoms with Crippen molar-refractivity contribution in [2.45, 2.75) is 33.2 Å². The standard InChI is InChI=1S/C10H16N2O2S/c1-4-5-12(7(2)3)10-11-6-8(15-10)9(13)14/h6-7H,4-5H2,1-3H3,(H,13,14). The van der Waals surface area contributed by atoms with E-state index in [1.807, 2.05) is 0 Å². The predicted octanol–water partition coefficient (Wildman–Crippen LogP) is 2.47. The highest BCUT2D eigenvalue weighted by Crippen LogP contribution is 2.24. The van der Waals surface area contributed by atoms with E-state index >= 15 is 0 Å². The van der Waals surface area contributed by atoms with Crippen LogP contribution in [0, 0.1) is 0 Å². The maximum absolute atomic E-state index is 10.7. The van der Waals surface area contributed by atoms with Gasteiger partial charge in [-0.3, -0.25) is 0 Å². The van der Waals surface area contributed by atoms with E-state index in [0.29, 0.717) is 10.9 Å². The molecule has 84 valence electrons. The van der Waals surface area contributed by atoms with Crippen LogP contribution in [0.1, 0.15) is 36.9 Å². The molecule has 0 aliphatic rings. The van der Waals surface area contributed by atoms with Gasteiger partial charge in [0.1, 0.15) is 4.88 Å². The molecular formula is C10H16N2O2S. The molecule has 0 aromatic carbocycles. The molecule has 0 bridgehead atoms. The Kier molecular flexibility index (Phi) is 4.08. The normalized spacial score (nSPS) is 10.7. The Labute approximate surface area is 93.6 Å². The van der Waals surface area contributed by atoms with Crippen molar-refractivity contribution in [3.8, 4) is 0 Å². The second-order valence-electron chi connectivity index (χ2n) is 3.60. The number of carboxylic acid groups (broad SMARTS) is 1. The number of aromatic carboxylic acids is 1. The number of nitrogens with zero attached hydrogens (tertiary/aromatic N) is 2. The van der Waals surface area contributed by atoms with Gasteiger partial charge in [0.05, 0.1) is 6.20 Å². The van der Waals surface area contributed by atoms with Crippen molar-refractivity contribution in [2.24, 2.45) is 0 Å². The van der Waals surface area contributed by atoms with E-state index in [1.54, 1.807) is 0 Å². The minimum atomic E-state index is -0.904. The van der Waals surface area contributed by atoms with Crippen molar-refractivity contribution < 1.29 is 9.90 Å². The van der Waals surface area contributed by atoms with E-state index in [1.165, 1.54) is 17.5 Å². The van der Waals surface area contributed by atoms with Crippen molar-refractivity contribution in [2.75, 3.05) is 11.4 Å². The smallest absolute Gasteiger partial charge is 0.347 e. The van der Waals surface area contributed by atoms with Gasteiger partial charge in [-0.2, -0.15) is 0 Å². The molecule has 0 aliphatic heterocycles. The van der Waals surface area contributed by atoms with Crippen LogP contribution in [-0.4, -0.2) is 28.6 Å². The maximum Gasteiger partial charge on any atom is 0.347 e. The molecule has 4 nitrogen and oxygen atoms in total. The lowest BCUT2D eigenvalue weighted by Crippen LogP contribution is -2.31. The lowest BCUT2D eigenvalue weighted by Gasteiger charge is -2.25. The van der Waals surface area contributed by atoms with Crippen LogP contribution in [0.15, 0.2) is 6.20 Å². The number of hydrogen-bond donors (Lipinski definition) is 1. The van der Waals surface area contributed by atoms with Crippen molar-refractivity contribution in [3.05, 3.63) is 11.1 Å². The Balaban J connectivity index is 2.86. The molecule has 15 heavy (non-hydrogen) atoms. The van der Waals surface area contributed by atoms with Gasteiger partial charge in [0.2, 0.25) is 0 Å². The first-order valence-electron chi connectivity index (χ1n) is 5.02. The van der Waals surface area contributed by atoms with Crippen LogP contribution in [0.25, 0.3) is 0 Å². The number of carboxylic acids is 1. The van der Waals surface area contributed by atoms with E-state index in [-0.39, 0.29) is 0 Å². The quantitative estimate of drug-likeness (QED) is 0.841. The summed E-state index contributed by atoms with van der Waals surface area (Å²) in [5, 5.41) is 9.60. The Morgan fingerprint density at radius 3 is 2.73 bits per heavy atom. The summed E-state index contributed by atoms with van der Waals surface area (Å²) in [5.41, 5.74) is 0. The molecule has 5 heteroatoms. The summed E-state index contributed by atoms with van der Waals surface area (Å²) < 4.78 is 0. The van der Waals surface area contributed by atoms with E-state index in [4.69, 9.17) is 5.11 Å². The Morgan fingerprint density at radius 1 is 1.67 bits per heavy atom. The molecular weight excluding hydrogens is 212 g/mol. The summed E-state index contributed by atoms with van der Waals surface area (Å²) in [5.74, 6) is -0.904. The zero-order chi connectivity index (χ0) is 11.4. The first kappa shape index (κ1) is 12.0. The Bertz CT molecular complexity index is 336. The van der Waals surface area contributed by atoms with Crippen molar-refractivity contribution in [1.29, 1.82) is 0 Å². The molecule has 1 aromatic rings. The summed E-state index contributed by atoms with van der Waals surface area (Å²) in [6.07, 6.45) is 2.45. The molecule has 0 amide bonds. The van der Waals surface area contributed by atoms with Crippen LogP contribution < -0.4 is 4.90 Å². The molecule has 1 rings (SSSR count). The van der Waals surface area contributed by atoms with Crippen LogP contribution in [0.5, 0.6) is 0 Å². The van der Waals surface area contributed by atoms with Gasteiger partial charge in [-0.1, -0.05) is 18.3 Å². The third-order valence-electron chi connectivity index (χ3n) is 2.04. The van der Waals surface area contributed by atoms with E-state index in [9.17, 15) is 4.79 Å². The van der Waals surface area contributed by atoms with Gasteiger partial charge in [-0.15, -0.1) is 0 Å². The zero-order valence-corrected chi connectivity index (χ0v) is 10.0. The summed E-state index contributed by atoms with van der Waals surface area (Å²) in [7, 11) is 0. The molecule has 1 aromatic heterocycles. The average molecular weight is 228 g/mol. The molecule has 1 heterocycles. The monoisotopic (exact) mass is 228 g/mol. The largest absolute Gasteiger partial charge is 0.477 e. The molecule has 0 fully saturated rings. The second-order valence-corrected chi connectivity index (χ2v) is 4.61. The third kappa shape index (κ3) is 2.92. The summed E-state index contributed by atoms with van der Waals surface area (Å²) in [6.45, 7) is 7.17. The number of hydrogen-bond acceptors (Lipinski definition) is 4. The molecule has 0 radical (unpaired) electrons. The third-order valence-corrected chi connectivity index (χ3v) is 3.06. The minimum absolute atomic E-state index is 0.298. The molecule has 0 saturated carbocycles. The van der Waals surface area contributed by atoms with Crippen molar-refractivity contribution >= 4 is 22.4 Å².